The molecule has 1 aromatic heterocycles. The highest BCUT2D eigenvalue weighted by Gasteiger charge is 2.32. The summed E-state index contributed by atoms with van der Waals surface area (Å²) in [6.45, 7) is 2.41. The lowest BCUT2D eigenvalue weighted by Crippen LogP contribution is -2.39. The molecule has 0 radical (unpaired) electrons. The summed E-state index contributed by atoms with van der Waals surface area (Å²) in [4.78, 5) is 10.3. The molecule has 0 bridgehead atoms. The number of halogens is 1. The Labute approximate surface area is 107 Å². The van der Waals surface area contributed by atoms with Crippen LogP contribution in [0.15, 0.2) is 6.07 Å². The van der Waals surface area contributed by atoms with Crippen molar-refractivity contribution in [1.82, 2.24) is 9.97 Å². The molecule has 0 atom stereocenters. The summed E-state index contributed by atoms with van der Waals surface area (Å²) in [5, 5.41) is 10.8. The highest BCUT2D eigenvalue weighted by Crippen LogP contribution is 2.31. The van der Waals surface area contributed by atoms with Gasteiger partial charge in [-0.25, -0.2) is 9.97 Å². The van der Waals surface area contributed by atoms with E-state index in [0.29, 0.717) is 17.5 Å². The van der Waals surface area contributed by atoms with Gasteiger partial charge in [-0.15, -0.1) is 0 Å². The Morgan fingerprint density at radius 3 is 2.65 bits per heavy atom. The minimum Gasteiger partial charge on any atom is -0.388 e. The lowest BCUT2D eigenvalue weighted by Gasteiger charge is -2.29. The monoisotopic (exact) mass is 255 g/mol. The Morgan fingerprint density at radius 1 is 1.41 bits per heavy atom. The summed E-state index contributed by atoms with van der Waals surface area (Å²) in [6, 6.07) is 1.73. The van der Waals surface area contributed by atoms with E-state index in [1.165, 1.54) is 0 Å². The van der Waals surface area contributed by atoms with Crippen LogP contribution in [0.25, 0.3) is 0 Å². The van der Waals surface area contributed by atoms with Crippen molar-refractivity contribution in [2.75, 3.05) is 18.5 Å². The van der Waals surface area contributed by atoms with Crippen LogP contribution in [0.1, 0.15) is 31.5 Å². The first-order valence-corrected chi connectivity index (χ1v) is 6.31. The van der Waals surface area contributed by atoms with E-state index >= 15 is 0 Å². The summed E-state index contributed by atoms with van der Waals surface area (Å²) in [7, 11) is 1.92. The SMILES string of the molecule is Cc1nc(Cl)cc(N(C)CC2(O)CCCC2)n1. The fourth-order valence-corrected chi connectivity index (χ4v) is 2.65. The van der Waals surface area contributed by atoms with E-state index in [9.17, 15) is 5.11 Å². The van der Waals surface area contributed by atoms with Gasteiger partial charge in [-0.2, -0.15) is 0 Å². The van der Waals surface area contributed by atoms with Gasteiger partial charge in [-0.05, 0) is 19.8 Å². The predicted octanol–water partition coefficient (Wildman–Crippen LogP) is 2.18. The van der Waals surface area contributed by atoms with Gasteiger partial charge in [-0.3, -0.25) is 0 Å². The molecular formula is C12H18ClN3O. The molecular weight excluding hydrogens is 238 g/mol. The number of nitrogens with zero attached hydrogens (tertiary/aromatic N) is 3. The van der Waals surface area contributed by atoms with Crippen LogP contribution < -0.4 is 4.90 Å². The van der Waals surface area contributed by atoms with Gasteiger partial charge in [0.1, 0.15) is 16.8 Å². The molecule has 0 aromatic carbocycles. The molecule has 17 heavy (non-hydrogen) atoms. The summed E-state index contributed by atoms with van der Waals surface area (Å²) in [6.07, 6.45) is 3.95. The average Bonchev–Trinajstić information content (AvgIpc) is 2.63. The maximum Gasteiger partial charge on any atom is 0.134 e. The van der Waals surface area contributed by atoms with E-state index in [0.717, 1.165) is 31.5 Å². The van der Waals surface area contributed by atoms with E-state index in [4.69, 9.17) is 11.6 Å². The third-order valence-corrected chi connectivity index (χ3v) is 3.44. The maximum atomic E-state index is 10.3. The lowest BCUT2D eigenvalue weighted by atomic mass is 10.0. The predicted molar refractivity (Wildman–Crippen MR) is 68.5 cm³/mol. The van der Waals surface area contributed by atoms with Crippen molar-refractivity contribution < 1.29 is 5.11 Å². The van der Waals surface area contributed by atoms with Crippen LogP contribution in [0.2, 0.25) is 5.15 Å². The summed E-state index contributed by atoms with van der Waals surface area (Å²) >= 11 is 5.91. The molecule has 1 fully saturated rings. The van der Waals surface area contributed by atoms with Gasteiger partial charge in [0.25, 0.3) is 0 Å². The van der Waals surface area contributed by atoms with Gasteiger partial charge in [0.15, 0.2) is 0 Å². The number of likely N-dealkylation sites (N-methyl/N-ethyl adjacent to an activating group) is 1. The first kappa shape index (κ1) is 12.6. The number of hydrogen-bond acceptors (Lipinski definition) is 4. The molecule has 1 heterocycles. The van der Waals surface area contributed by atoms with Gasteiger partial charge in [0.05, 0.1) is 5.60 Å². The van der Waals surface area contributed by atoms with Crippen LogP contribution in [0, 0.1) is 6.92 Å². The largest absolute Gasteiger partial charge is 0.388 e. The zero-order valence-electron chi connectivity index (χ0n) is 10.3. The van der Waals surface area contributed by atoms with Crippen molar-refractivity contribution in [3.05, 3.63) is 17.0 Å². The molecule has 1 saturated carbocycles. The van der Waals surface area contributed by atoms with Crippen LogP contribution in [-0.2, 0) is 0 Å². The molecule has 0 aliphatic heterocycles. The number of aliphatic hydroxyl groups is 1. The molecule has 1 aliphatic rings. The summed E-state index contributed by atoms with van der Waals surface area (Å²) in [5.74, 6) is 1.42. The van der Waals surface area contributed by atoms with E-state index in [1.54, 1.807) is 6.07 Å². The first-order valence-electron chi connectivity index (χ1n) is 5.93. The number of aryl methyl sites for hydroxylation is 1. The molecule has 0 unspecified atom stereocenters. The van der Waals surface area contributed by atoms with Gasteiger partial charge in [0, 0.05) is 19.7 Å². The molecule has 0 saturated heterocycles. The molecule has 4 nitrogen and oxygen atoms in total. The van der Waals surface area contributed by atoms with Crippen LogP contribution in [-0.4, -0.2) is 34.3 Å². The van der Waals surface area contributed by atoms with Gasteiger partial charge in [0.2, 0.25) is 0 Å². The zero-order chi connectivity index (χ0) is 12.5. The Balaban J connectivity index is 2.11. The molecule has 1 aromatic rings. The van der Waals surface area contributed by atoms with E-state index in [1.807, 2.05) is 18.9 Å². The highest BCUT2D eigenvalue weighted by molar-refractivity contribution is 6.29. The number of hydrogen-bond donors (Lipinski definition) is 1. The standard InChI is InChI=1S/C12H18ClN3O/c1-9-14-10(13)7-11(15-9)16(2)8-12(17)5-3-4-6-12/h7,17H,3-6,8H2,1-2H3. The number of aromatic nitrogens is 2. The van der Waals surface area contributed by atoms with Crippen molar-refractivity contribution >= 4 is 17.4 Å². The van der Waals surface area contributed by atoms with Crippen LogP contribution in [0.5, 0.6) is 0 Å². The third-order valence-electron chi connectivity index (χ3n) is 3.25. The van der Waals surface area contributed by atoms with Crippen LogP contribution in [0.4, 0.5) is 5.82 Å². The van der Waals surface area contributed by atoms with E-state index in [-0.39, 0.29) is 0 Å². The Morgan fingerprint density at radius 2 is 2.06 bits per heavy atom. The molecule has 94 valence electrons. The van der Waals surface area contributed by atoms with Crippen molar-refractivity contribution in [3.63, 3.8) is 0 Å². The fraction of sp³-hybridized carbons (Fsp3) is 0.667. The minimum atomic E-state index is -0.569. The van der Waals surface area contributed by atoms with E-state index in [2.05, 4.69) is 9.97 Å². The highest BCUT2D eigenvalue weighted by atomic mass is 35.5. The van der Waals surface area contributed by atoms with Crippen molar-refractivity contribution in [1.29, 1.82) is 0 Å². The Hall–Kier alpha value is -0.870. The Bertz CT molecular complexity index is 384. The lowest BCUT2D eigenvalue weighted by molar-refractivity contribution is 0.0558. The minimum absolute atomic E-state index is 0.442. The molecule has 1 aliphatic carbocycles. The smallest absolute Gasteiger partial charge is 0.134 e. The second-order valence-electron chi connectivity index (χ2n) is 4.88. The van der Waals surface area contributed by atoms with Crippen LogP contribution in [0.3, 0.4) is 0 Å². The van der Waals surface area contributed by atoms with Gasteiger partial charge >= 0.3 is 0 Å². The third kappa shape index (κ3) is 3.07. The fourth-order valence-electron chi connectivity index (χ4n) is 2.43. The number of anilines is 1. The molecule has 5 heteroatoms. The normalized spacial score (nSPS) is 18.4. The average molecular weight is 256 g/mol. The molecule has 0 amide bonds. The first-order chi connectivity index (χ1) is 7.98. The zero-order valence-corrected chi connectivity index (χ0v) is 11.0. The second kappa shape index (κ2) is 4.78. The maximum absolute atomic E-state index is 10.3. The summed E-state index contributed by atoms with van der Waals surface area (Å²) in [5.41, 5.74) is -0.569. The molecule has 1 N–H and O–H groups in total. The second-order valence-corrected chi connectivity index (χ2v) is 5.27. The molecule has 2 rings (SSSR count). The number of rotatable bonds is 3. The topological polar surface area (TPSA) is 49.2 Å². The quantitative estimate of drug-likeness (QED) is 0.841. The Kier molecular flexibility index (Phi) is 3.54. The van der Waals surface area contributed by atoms with Crippen LogP contribution >= 0.6 is 11.6 Å². The summed E-state index contributed by atoms with van der Waals surface area (Å²) < 4.78 is 0. The van der Waals surface area contributed by atoms with Gasteiger partial charge in [-0.1, -0.05) is 24.4 Å². The van der Waals surface area contributed by atoms with Crippen molar-refractivity contribution in [2.24, 2.45) is 0 Å². The van der Waals surface area contributed by atoms with Crippen molar-refractivity contribution in [2.45, 2.75) is 38.2 Å². The molecule has 0 spiro atoms. The van der Waals surface area contributed by atoms with Gasteiger partial charge < -0.3 is 10.0 Å². The van der Waals surface area contributed by atoms with Crippen molar-refractivity contribution in [3.8, 4) is 0 Å². The van der Waals surface area contributed by atoms with E-state index < -0.39 is 5.60 Å².